The van der Waals surface area contributed by atoms with Gasteiger partial charge in [0, 0.05) is 26.9 Å². The fourth-order valence-electron chi connectivity index (χ4n) is 1.37. The van der Waals surface area contributed by atoms with Crippen molar-refractivity contribution in [3.05, 3.63) is 35.9 Å². The maximum absolute atomic E-state index is 12.2. The molecule has 1 unspecified atom stereocenters. The first-order valence-corrected chi connectivity index (χ1v) is 6.13. The van der Waals surface area contributed by atoms with Crippen LogP contribution >= 0.6 is 7.60 Å². The zero-order valence-electron chi connectivity index (χ0n) is 9.41. The minimum absolute atomic E-state index is 0.310. The van der Waals surface area contributed by atoms with Gasteiger partial charge >= 0.3 is 7.60 Å². The topological polar surface area (TPSA) is 65.0 Å². The van der Waals surface area contributed by atoms with Crippen molar-refractivity contribution in [3.63, 3.8) is 0 Å². The molecule has 0 saturated carbocycles. The summed E-state index contributed by atoms with van der Waals surface area (Å²) in [5, 5.41) is 10.3. The largest absolute Gasteiger partial charge is 0.394 e. The maximum Gasteiger partial charge on any atom is 0.394 e. The van der Waals surface area contributed by atoms with Crippen LogP contribution in [0.25, 0.3) is 0 Å². The van der Waals surface area contributed by atoms with Crippen molar-refractivity contribution in [1.29, 1.82) is 0 Å². The fourth-order valence-corrected chi connectivity index (χ4v) is 2.70. The highest BCUT2D eigenvalue weighted by atomic mass is 31.2. The molecule has 0 heterocycles. The summed E-state index contributed by atoms with van der Waals surface area (Å²) in [7, 11) is -0.175. The Hall–Kier alpha value is -0.710. The zero-order chi connectivity index (χ0) is 12.2. The lowest BCUT2D eigenvalue weighted by Crippen LogP contribution is -2.29. The van der Waals surface area contributed by atoms with Crippen molar-refractivity contribution in [3.8, 4) is 0 Å². The van der Waals surface area contributed by atoms with Gasteiger partial charge in [-0.2, -0.15) is 0 Å². The van der Waals surface area contributed by atoms with Crippen molar-refractivity contribution >= 4 is 7.60 Å². The second kappa shape index (κ2) is 5.08. The van der Waals surface area contributed by atoms with Gasteiger partial charge in [0.1, 0.15) is 0 Å². The van der Waals surface area contributed by atoms with Crippen LogP contribution in [0.3, 0.4) is 0 Å². The standard InChI is InChI=1S/C10H15O5P/c1-13-10(11,16(12,14-2)15-3)9-7-5-4-6-8-9/h4-8,11H,1-3H3. The van der Waals surface area contributed by atoms with Crippen LogP contribution in [0.2, 0.25) is 0 Å². The molecule has 1 rings (SSSR count). The third-order valence-corrected chi connectivity index (χ3v) is 4.43. The molecule has 1 N–H and O–H groups in total. The molecule has 0 aliphatic carbocycles. The summed E-state index contributed by atoms with van der Waals surface area (Å²) in [5.41, 5.74) is -1.79. The Bertz CT molecular complexity index is 372. The molecular weight excluding hydrogens is 231 g/mol. The minimum atomic E-state index is -3.79. The highest BCUT2D eigenvalue weighted by Crippen LogP contribution is 2.62. The molecule has 0 spiro atoms. The number of hydrogen-bond donors (Lipinski definition) is 1. The van der Waals surface area contributed by atoms with E-state index in [0.717, 1.165) is 0 Å². The Kier molecular flexibility index (Phi) is 4.24. The molecule has 0 radical (unpaired) electrons. The van der Waals surface area contributed by atoms with Gasteiger partial charge in [-0.15, -0.1) is 0 Å². The molecule has 0 amide bonds. The van der Waals surface area contributed by atoms with Gasteiger partial charge < -0.3 is 18.9 Å². The second-order valence-corrected chi connectivity index (χ2v) is 5.37. The molecule has 0 saturated heterocycles. The number of methoxy groups -OCH3 is 1. The first kappa shape index (κ1) is 13.4. The van der Waals surface area contributed by atoms with Crippen molar-refractivity contribution in [2.24, 2.45) is 0 Å². The Labute approximate surface area is 94.5 Å². The van der Waals surface area contributed by atoms with Crippen LogP contribution in [0.5, 0.6) is 0 Å². The van der Waals surface area contributed by atoms with E-state index in [2.05, 4.69) is 0 Å². The van der Waals surface area contributed by atoms with Gasteiger partial charge in [0.25, 0.3) is 5.53 Å². The van der Waals surface area contributed by atoms with E-state index in [1.807, 2.05) is 0 Å². The Balaban J connectivity index is 3.27. The average molecular weight is 246 g/mol. The van der Waals surface area contributed by atoms with E-state index in [1.54, 1.807) is 30.3 Å². The van der Waals surface area contributed by atoms with E-state index in [1.165, 1.54) is 21.3 Å². The van der Waals surface area contributed by atoms with Gasteiger partial charge in [-0.1, -0.05) is 30.3 Å². The van der Waals surface area contributed by atoms with Gasteiger partial charge in [0.05, 0.1) is 0 Å². The summed E-state index contributed by atoms with van der Waals surface area (Å²) in [4.78, 5) is 0. The normalized spacial score (nSPS) is 15.8. The summed E-state index contributed by atoms with van der Waals surface area (Å²) in [5.74, 6) is 0. The SMILES string of the molecule is COC(O)(c1ccccc1)P(=O)(OC)OC. The lowest BCUT2D eigenvalue weighted by Gasteiger charge is -2.31. The molecular formula is C10H15O5P. The number of hydrogen-bond acceptors (Lipinski definition) is 5. The summed E-state index contributed by atoms with van der Waals surface area (Å²) >= 11 is 0. The van der Waals surface area contributed by atoms with Crippen LogP contribution in [0.1, 0.15) is 5.56 Å². The van der Waals surface area contributed by atoms with Crippen molar-refractivity contribution in [2.45, 2.75) is 5.53 Å². The quantitative estimate of drug-likeness (QED) is 0.635. The van der Waals surface area contributed by atoms with Gasteiger partial charge in [-0.05, 0) is 0 Å². The monoisotopic (exact) mass is 246 g/mol. The number of aliphatic hydroxyl groups is 1. The smallest absolute Gasteiger partial charge is 0.352 e. The number of ether oxygens (including phenoxy) is 1. The van der Waals surface area contributed by atoms with Crippen molar-refractivity contribution in [1.82, 2.24) is 0 Å². The number of benzene rings is 1. The molecule has 1 aromatic carbocycles. The lowest BCUT2D eigenvalue weighted by atomic mass is 10.2. The summed E-state index contributed by atoms with van der Waals surface area (Å²) in [6, 6.07) is 8.30. The first-order valence-electron chi connectivity index (χ1n) is 4.58. The molecule has 16 heavy (non-hydrogen) atoms. The Morgan fingerprint density at radius 3 is 2.00 bits per heavy atom. The third kappa shape index (κ3) is 2.05. The molecule has 0 aromatic heterocycles. The predicted molar refractivity (Wildman–Crippen MR) is 59.0 cm³/mol. The van der Waals surface area contributed by atoms with Crippen LogP contribution < -0.4 is 0 Å². The van der Waals surface area contributed by atoms with E-state index in [0.29, 0.717) is 5.56 Å². The van der Waals surface area contributed by atoms with E-state index in [4.69, 9.17) is 13.8 Å². The van der Waals surface area contributed by atoms with Crippen LogP contribution in [0, 0.1) is 0 Å². The van der Waals surface area contributed by atoms with Gasteiger partial charge in [0.15, 0.2) is 0 Å². The van der Waals surface area contributed by atoms with E-state index >= 15 is 0 Å². The van der Waals surface area contributed by atoms with Gasteiger partial charge in [-0.3, -0.25) is 4.57 Å². The molecule has 1 atom stereocenters. The van der Waals surface area contributed by atoms with Gasteiger partial charge in [-0.25, -0.2) is 0 Å². The highest BCUT2D eigenvalue weighted by Gasteiger charge is 2.51. The van der Waals surface area contributed by atoms with Crippen molar-refractivity contribution in [2.75, 3.05) is 21.3 Å². The minimum Gasteiger partial charge on any atom is -0.352 e. The van der Waals surface area contributed by atoms with Crippen molar-refractivity contribution < 1.29 is 23.5 Å². The second-order valence-electron chi connectivity index (χ2n) is 3.04. The molecule has 6 heteroatoms. The Morgan fingerprint density at radius 2 is 1.62 bits per heavy atom. The van der Waals surface area contributed by atoms with Crippen LogP contribution in [0.4, 0.5) is 0 Å². The number of rotatable bonds is 5. The van der Waals surface area contributed by atoms with E-state index < -0.39 is 13.1 Å². The van der Waals surface area contributed by atoms with Crippen LogP contribution in [0.15, 0.2) is 30.3 Å². The molecule has 90 valence electrons. The van der Waals surface area contributed by atoms with E-state index in [9.17, 15) is 9.67 Å². The molecule has 1 aromatic rings. The summed E-state index contributed by atoms with van der Waals surface area (Å²) < 4.78 is 26.6. The third-order valence-electron chi connectivity index (χ3n) is 2.29. The fraction of sp³-hybridized carbons (Fsp3) is 0.400. The lowest BCUT2D eigenvalue weighted by molar-refractivity contribution is -0.141. The van der Waals surface area contributed by atoms with Crippen LogP contribution in [-0.4, -0.2) is 26.4 Å². The predicted octanol–water partition coefficient (Wildman–Crippen LogP) is 1.92. The zero-order valence-corrected chi connectivity index (χ0v) is 10.3. The molecule has 5 nitrogen and oxygen atoms in total. The molecule has 0 fully saturated rings. The first-order chi connectivity index (χ1) is 7.54. The van der Waals surface area contributed by atoms with Gasteiger partial charge in [0.2, 0.25) is 0 Å². The summed E-state index contributed by atoms with van der Waals surface area (Å²) in [6.07, 6.45) is 0. The molecule has 0 aliphatic heterocycles. The Morgan fingerprint density at radius 1 is 1.12 bits per heavy atom. The summed E-state index contributed by atoms with van der Waals surface area (Å²) in [6.45, 7) is 0. The van der Waals surface area contributed by atoms with E-state index in [-0.39, 0.29) is 0 Å². The van der Waals surface area contributed by atoms with Crippen LogP contribution in [-0.2, 0) is 23.9 Å². The average Bonchev–Trinajstić information content (AvgIpc) is 2.37. The highest BCUT2D eigenvalue weighted by molar-refractivity contribution is 7.54. The molecule has 0 aliphatic rings. The molecule has 0 bridgehead atoms. The maximum atomic E-state index is 12.2.